The Morgan fingerprint density at radius 3 is 2.65 bits per heavy atom. The number of amides is 1. The number of hydrogen-bond acceptors (Lipinski definition) is 3. The van der Waals surface area contributed by atoms with Gasteiger partial charge in [0.15, 0.2) is 0 Å². The maximum absolute atomic E-state index is 13.2. The highest BCUT2D eigenvalue weighted by molar-refractivity contribution is 5.81. The summed E-state index contributed by atoms with van der Waals surface area (Å²) in [6.07, 6.45) is 3.73. The van der Waals surface area contributed by atoms with Crippen molar-refractivity contribution >= 4 is 5.91 Å². The van der Waals surface area contributed by atoms with Gasteiger partial charge in [0.1, 0.15) is 5.82 Å². The fourth-order valence-corrected chi connectivity index (χ4v) is 2.47. The van der Waals surface area contributed by atoms with Gasteiger partial charge in [0.05, 0.1) is 12.2 Å². The number of aromatic nitrogens is 2. The molecule has 2 rings (SSSR count). The summed E-state index contributed by atoms with van der Waals surface area (Å²) in [6, 6.07) is 6.05. The van der Waals surface area contributed by atoms with Crippen molar-refractivity contribution in [2.45, 2.75) is 26.1 Å². The molecule has 1 amide bonds. The number of carbonyl (C=O) groups is 1. The first-order chi connectivity index (χ1) is 10.9. The van der Waals surface area contributed by atoms with Gasteiger partial charge in [-0.3, -0.25) is 14.4 Å². The summed E-state index contributed by atoms with van der Waals surface area (Å²) in [7, 11) is 5.51. The first-order valence-corrected chi connectivity index (χ1v) is 7.54. The first-order valence-electron chi connectivity index (χ1n) is 7.54. The van der Waals surface area contributed by atoms with Crippen LogP contribution in [0, 0.1) is 5.82 Å². The second-order valence-corrected chi connectivity index (χ2v) is 5.94. The average molecular weight is 318 g/mol. The molecule has 23 heavy (non-hydrogen) atoms. The molecule has 1 heterocycles. The van der Waals surface area contributed by atoms with Crippen LogP contribution in [-0.4, -0.2) is 45.6 Å². The third kappa shape index (κ3) is 4.63. The second kappa shape index (κ2) is 7.37. The summed E-state index contributed by atoms with van der Waals surface area (Å²) < 4.78 is 15.0. The van der Waals surface area contributed by atoms with Crippen LogP contribution in [0.4, 0.5) is 4.39 Å². The lowest BCUT2D eigenvalue weighted by atomic mass is 10.2. The van der Waals surface area contributed by atoms with Gasteiger partial charge >= 0.3 is 0 Å². The monoisotopic (exact) mass is 318 g/mol. The fraction of sp³-hybridized carbons (Fsp3) is 0.412. The van der Waals surface area contributed by atoms with Crippen LogP contribution < -0.4 is 0 Å². The van der Waals surface area contributed by atoms with Gasteiger partial charge in [-0.25, -0.2) is 4.39 Å². The summed E-state index contributed by atoms with van der Waals surface area (Å²) in [4.78, 5) is 16.1. The van der Waals surface area contributed by atoms with Gasteiger partial charge in [-0.2, -0.15) is 5.10 Å². The summed E-state index contributed by atoms with van der Waals surface area (Å²) in [5, 5.41) is 4.13. The minimum atomic E-state index is -0.287. The van der Waals surface area contributed by atoms with E-state index in [9.17, 15) is 9.18 Å². The van der Waals surface area contributed by atoms with Gasteiger partial charge in [0, 0.05) is 38.9 Å². The van der Waals surface area contributed by atoms with Crippen molar-refractivity contribution in [2.75, 3.05) is 14.1 Å². The smallest absolute Gasteiger partial charge is 0.239 e. The molecular weight excluding hydrogens is 295 g/mol. The molecule has 0 fully saturated rings. The third-order valence-electron chi connectivity index (χ3n) is 3.89. The highest BCUT2D eigenvalue weighted by atomic mass is 19.1. The van der Waals surface area contributed by atoms with Gasteiger partial charge in [-0.1, -0.05) is 12.1 Å². The Morgan fingerprint density at radius 2 is 2.04 bits per heavy atom. The maximum atomic E-state index is 13.2. The number of hydrogen-bond donors (Lipinski definition) is 0. The number of aryl methyl sites for hydroxylation is 1. The molecule has 1 unspecified atom stereocenters. The van der Waals surface area contributed by atoms with E-state index < -0.39 is 0 Å². The standard InChI is InChI=1S/C17H23FN4O/c1-13(20(2)11-15-9-19-22(4)12-15)17(23)21(3)10-14-6-5-7-16(18)8-14/h5-9,12-13H,10-11H2,1-4H3. The van der Waals surface area contributed by atoms with Crippen molar-refractivity contribution in [1.82, 2.24) is 19.6 Å². The van der Waals surface area contributed by atoms with Crippen LogP contribution in [0.15, 0.2) is 36.7 Å². The minimum Gasteiger partial charge on any atom is -0.340 e. The zero-order valence-electron chi connectivity index (χ0n) is 14.0. The van der Waals surface area contributed by atoms with E-state index in [1.807, 2.05) is 38.2 Å². The summed E-state index contributed by atoms with van der Waals surface area (Å²) in [5.74, 6) is -0.286. The lowest BCUT2D eigenvalue weighted by Crippen LogP contribution is -2.43. The molecule has 0 spiro atoms. The molecule has 0 aliphatic heterocycles. The van der Waals surface area contributed by atoms with Crippen LogP contribution in [-0.2, 0) is 24.9 Å². The molecule has 0 saturated heterocycles. The number of halogens is 1. The Balaban J connectivity index is 1.94. The van der Waals surface area contributed by atoms with Gasteiger partial charge in [0.2, 0.25) is 5.91 Å². The highest BCUT2D eigenvalue weighted by Gasteiger charge is 2.22. The number of benzene rings is 1. The van der Waals surface area contributed by atoms with Crippen molar-refractivity contribution in [3.63, 3.8) is 0 Å². The van der Waals surface area contributed by atoms with E-state index in [1.165, 1.54) is 12.1 Å². The average Bonchev–Trinajstić information content (AvgIpc) is 2.90. The lowest BCUT2D eigenvalue weighted by molar-refractivity contribution is -0.135. The van der Waals surface area contributed by atoms with Crippen molar-refractivity contribution < 1.29 is 9.18 Å². The Hall–Kier alpha value is -2.21. The van der Waals surface area contributed by atoms with Crippen LogP contribution in [0.1, 0.15) is 18.1 Å². The fourth-order valence-electron chi connectivity index (χ4n) is 2.47. The molecular formula is C17H23FN4O. The Kier molecular flexibility index (Phi) is 5.50. The number of likely N-dealkylation sites (N-methyl/N-ethyl adjacent to an activating group) is 2. The van der Waals surface area contributed by atoms with Gasteiger partial charge in [-0.15, -0.1) is 0 Å². The molecule has 0 bridgehead atoms. The van der Waals surface area contributed by atoms with E-state index in [2.05, 4.69) is 5.10 Å². The van der Waals surface area contributed by atoms with Crippen molar-refractivity contribution in [3.8, 4) is 0 Å². The Labute approximate surface area is 136 Å². The zero-order valence-corrected chi connectivity index (χ0v) is 14.0. The van der Waals surface area contributed by atoms with E-state index >= 15 is 0 Å². The van der Waals surface area contributed by atoms with Crippen LogP contribution >= 0.6 is 0 Å². The SMILES string of the molecule is CC(C(=O)N(C)Cc1cccc(F)c1)N(C)Cc1cnn(C)c1. The first kappa shape index (κ1) is 17.1. The predicted molar refractivity (Wildman–Crippen MR) is 87.0 cm³/mol. The van der Waals surface area contributed by atoms with Gasteiger partial charge in [0.25, 0.3) is 0 Å². The molecule has 5 nitrogen and oxygen atoms in total. The van der Waals surface area contributed by atoms with E-state index in [0.717, 1.165) is 11.1 Å². The molecule has 0 aliphatic rings. The predicted octanol–water partition coefficient (Wildman–Crippen LogP) is 2.04. The molecule has 0 radical (unpaired) electrons. The van der Waals surface area contributed by atoms with Crippen LogP contribution in [0.5, 0.6) is 0 Å². The largest absolute Gasteiger partial charge is 0.340 e. The molecule has 0 N–H and O–H groups in total. The number of rotatable bonds is 6. The summed E-state index contributed by atoms with van der Waals surface area (Å²) >= 11 is 0. The number of carbonyl (C=O) groups excluding carboxylic acids is 1. The molecule has 0 saturated carbocycles. The molecule has 0 aliphatic carbocycles. The summed E-state index contributed by atoms with van der Waals surface area (Å²) in [5.41, 5.74) is 1.84. The second-order valence-electron chi connectivity index (χ2n) is 5.94. The van der Waals surface area contributed by atoms with E-state index in [0.29, 0.717) is 13.1 Å². The van der Waals surface area contributed by atoms with Crippen LogP contribution in [0.3, 0.4) is 0 Å². The molecule has 1 aromatic heterocycles. The minimum absolute atomic E-state index is 0.000603. The highest BCUT2D eigenvalue weighted by Crippen LogP contribution is 2.11. The van der Waals surface area contributed by atoms with E-state index in [4.69, 9.17) is 0 Å². The molecule has 2 aromatic rings. The lowest BCUT2D eigenvalue weighted by Gasteiger charge is -2.28. The van der Waals surface area contributed by atoms with Crippen molar-refractivity contribution in [1.29, 1.82) is 0 Å². The maximum Gasteiger partial charge on any atom is 0.239 e. The van der Waals surface area contributed by atoms with Crippen LogP contribution in [0.2, 0.25) is 0 Å². The van der Waals surface area contributed by atoms with Gasteiger partial charge < -0.3 is 4.90 Å². The molecule has 6 heteroatoms. The molecule has 1 atom stereocenters. The quantitative estimate of drug-likeness (QED) is 0.818. The Bertz CT molecular complexity index is 670. The van der Waals surface area contributed by atoms with E-state index in [-0.39, 0.29) is 17.8 Å². The van der Waals surface area contributed by atoms with Crippen LogP contribution in [0.25, 0.3) is 0 Å². The zero-order chi connectivity index (χ0) is 17.0. The topological polar surface area (TPSA) is 41.4 Å². The summed E-state index contributed by atoms with van der Waals surface area (Å²) in [6.45, 7) is 2.91. The molecule has 1 aromatic carbocycles. The van der Waals surface area contributed by atoms with Crippen molar-refractivity contribution in [2.24, 2.45) is 7.05 Å². The Morgan fingerprint density at radius 1 is 1.30 bits per heavy atom. The number of nitrogens with zero attached hydrogens (tertiary/aromatic N) is 4. The van der Waals surface area contributed by atoms with Gasteiger partial charge in [-0.05, 0) is 31.7 Å². The van der Waals surface area contributed by atoms with E-state index in [1.54, 1.807) is 28.9 Å². The normalized spacial score (nSPS) is 12.4. The van der Waals surface area contributed by atoms with Crippen molar-refractivity contribution in [3.05, 3.63) is 53.6 Å². The third-order valence-corrected chi connectivity index (χ3v) is 3.89. The molecule has 124 valence electrons.